The molecule has 0 unspecified atom stereocenters. The predicted octanol–water partition coefficient (Wildman–Crippen LogP) is 2.10. The topological polar surface area (TPSA) is 38.4 Å². The quantitative estimate of drug-likeness (QED) is 0.639. The molecule has 0 radical (unpaired) electrons. The van der Waals surface area contributed by atoms with Gasteiger partial charge in [-0.1, -0.05) is 12.1 Å². The molecule has 2 N–H and O–H groups in total. The molecule has 3 rings (SSSR count). The van der Waals surface area contributed by atoms with Crippen LogP contribution in [-0.4, -0.2) is 5.84 Å². The molecule has 0 amide bonds. The van der Waals surface area contributed by atoms with Crippen LogP contribution in [0.1, 0.15) is 23.5 Å². The average molecular weight is 172 g/mol. The summed E-state index contributed by atoms with van der Waals surface area (Å²) in [6.07, 6.45) is 1.20. The minimum absolute atomic E-state index is 0.551. The van der Waals surface area contributed by atoms with Crippen molar-refractivity contribution in [3.05, 3.63) is 29.3 Å². The summed E-state index contributed by atoms with van der Waals surface area (Å²) in [5, 5.41) is 0. The highest BCUT2D eigenvalue weighted by molar-refractivity contribution is 5.92. The predicted molar refractivity (Wildman–Crippen MR) is 53.3 cm³/mol. The molecule has 1 saturated carbocycles. The Morgan fingerprint density at radius 1 is 1.38 bits per heavy atom. The van der Waals surface area contributed by atoms with Crippen LogP contribution in [0.3, 0.4) is 0 Å². The van der Waals surface area contributed by atoms with E-state index >= 15 is 0 Å². The minimum Gasteiger partial charge on any atom is -0.387 e. The molecule has 2 atom stereocenters. The molecule has 0 saturated heterocycles. The van der Waals surface area contributed by atoms with Gasteiger partial charge in [0.2, 0.25) is 0 Å². The Kier molecular flexibility index (Phi) is 1.17. The molecule has 2 nitrogen and oxygen atoms in total. The van der Waals surface area contributed by atoms with Gasteiger partial charge in [0.1, 0.15) is 5.84 Å². The summed E-state index contributed by atoms with van der Waals surface area (Å²) in [6.45, 7) is 2.09. The molecule has 0 aromatic heterocycles. The van der Waals surface area contributed by atoms with Crippen LogP contribution in [0.15, 0.2) is 23.2 Å². The molecule has 0 spiro atoms. The highest BCUT2D eigenvalue weighted by Crippen LogP contribution is 2.53. The van der Waals surface area contributed by atoms with Crippen LogP contribution in [0.5, 0.6) is 0 Å². The Morgan fingerprint density at radius 3 is 3.08 bits per heavy atom. The second kappa shape index (κ2) is 2.13. The van der Waals surface area contributed by atoms with Gasteiger partial charge in [0.15, 0.2) is 0 Å². The smallest absolute Gasteiger partial charge is 0.103 e. The first kappa shape index (κ1) is 7.13. The Bertz CT molecular complexity index is 407. The van der Waals surface area contributed by atoms with Gasteiger partial charge in [0, 0.05) is 5.92 Å². The van der Waals surface area contributed by atoms with Crippen LogP contribution in [0.2, 0.25) is 0 Å². The number of nitrogens with two attached hydrogens (primary N) is 1. The van der Waals surface area contributed by atoms with Crippen LogP contribution in [0.4, 0.5) is 5.69 Å². The van der Waals surface area contributed by atoms with Gasteiger partial charge in [-0.3, -0.25) is 0 Å². The van der Waals surface area contributed by atoms with Crippen LogP contribution in [0.25, 0.3) is 0 Å². The number of aliphatic imine (C=N–C) groups is 1. The maximum Gasteiger partial charge on any atom is 0.103 e. The summed E-state index contributed by atoms with van der Waals surface area (Å²) in [4.78, 5) is 4.42. The SMILES string of the molecule is Cc1ccc2c(c1)N=C(N)[C@@H]1C[C@H]21. The molecular weight excluding hydrogens is 160 g/mol. The Morgan fingerprint density at radius 2 is 2.23 bits per heavy atom. The number of rotatable bonds is 0. The largest absolute Gasteiger partial charge is 0.387 e. The van der Waals surface area contributed by atoms with E-state index in [0.717, 1.165) is 11.5 Å². The highest BCUT2D eigenvalue weighted by Gasteiger charge is 2.44. The van der Waals surface area contributed by atoms with Crippen molar-refractivity contribution in [3.8, 4) is 0 Å². The maximum absolute atomic E-state index is 5.83. The summed E-state index contributed by atoms with van der Waals surface area (Å²) >= 11 is 0. The van der Waals surface area contributed by atoms with Gasteiger partial charge in [-0.05, 0) is 36.5 Å². The van der Waals surface area contributed by atoms with E-state index in [9.17, 15) is 0 Å². The van der Waals surface area contributed by atoms with Crippen LogP contribution in [0, 0.1) is 12.8 Å². The third-order valence-corrected chi connectivity index (χ3v) is 3.01. The van der Waals surface area contributed by atoms with Crippen molar-refractivity contribution < 1.29 is 0 Å². The molecule has 1 heterocycles. The van der Waals surface area contributed by atoms with E-state index < -0.39 is 0 Å². The minimum atomic E-state index is 0.551. The van der Waals surface area contributed by atoms with Gasteiger partial charge in [-0.15, -0.1) is 0 Å². The second-order valence-electron chi connectivity index (χ2n) is 4.05. The van der Waals surface area contributed by atoms with E-state index in [-0.39, 0.29) is 0 Å². The molecule has 13 heavy (non-hydrogen) atoms. The van der Waals surface area contributed by atoms with Gasteiger partial charge >= 0.3 is 0 Å². The molecular formula is C11H12N2. The average Bonchev–Trinajstić information content (AvgIpc) is 2.83. The van der Waals surface area contributed by atoms with Gasteiger partial charge in [0.05, 0.1) is 5.69 Å². The first-order valence-corrected chi connectivity index (χ1v) is 4.70. The zero-order valence-electron chi connectivity index (χ0n) is 7.62. The molecule has 1 aliphatic heterocycles. The van der Waals surface area contributed by atoms with Gasteiger partial charge in [-0.25, -0.2) is 4.99 Å². The van der Waals surface area contributed by atoms with Crippen molar-refractivity contribution in [1.29, 1.82) is 0 Å². The van der Waals surface area contributed by atoms with E-state index in [1.807, 2.05) is 0 Å². The number of amidine groups is 1. The summed E-state index contributed by atoms with van der Waals surface area (Å²) in [7, 11) is 0. The molecule has 1 fully saturated rings. The maximum atomic E-state index is 5.83. The fourth-order valence-electron chi connectivity index (χ4n) is 2.15. The molecule has 1 aliphatic carbocycles. The zero-order chi connectivity index (χ0) is 9.00. The van der Waals surface area contributed by atoms with E-state index in [1.54, 1.807) is 0 Å². The number of benzene rings is 1. The van der Waals surface area contributed by atoms with E-state index in [4.69, 9.17) is 5.73 Å². The van der Waals surface area contributed by atoms with Crippen LogP contribution >= 0.6 is 0 Å². The monoisotopic (exact) mass is 172 g/mol. The highest BCUT2D eigenvalue weighted by atomic mass is 14.9. The van der Waals surface area contributed by atoms with E-state index in [0.29, 0.717) is 11.8 Å². The number of hydrogen-bond donors (Lipinski definition) is 1. The fraction of sp³-hybridized carbons (Fsp3) is 0.364. The molecule has 0 bridgehead atoms. The Labute approximate surface area is 77.5 Å². The van der Waals surface area contributed by atoms with Crippen LogP contribution < -0.4 is 5.73 Å². The third kappa shape index (κ3) is 0.916. The normalized spacial score (nSPS) is 28.8. The lowest BCUT2D eigenvalue weighted by Crippen LogP contribution is -2.17. The number of aryl methyl sites for hydroxylation is 1. The molecule has 66 valence electrons. The lowest BCUT2D eigenvalue weighted by Gasteiger charge is -2.12. The second-order valence-corrected chi connectivity index (χ2v) is 4.05. The van der Waals surface area contributed by atoms with Crippen LogP contribution in [-0.2, 0) is 0 Å². The molecule has 2 heteroatoms. The third-order valence-electron chi connectivity index (χ3n) is 3.01. The summed E-state index contributed by atoms with van der Waals surface area (Å²) in [5.74, 6) is 2.06. The van der Waals surface area contributed by atoms with Crippen molar-refractivity contribution in [2.45, 2.75) is 19.3 Å². The first-order valence-electron chi connectivity index (χ1n) is 4.70. The number of fused-ring (bicyclic) bond motifs is 3. The Hall–Kier alpha value is -1.31. The summed E-state index contributed by atoms with van der Waals surface area (Å²) in [6, 6.07) is 6.48. The number of hydrogen-bond acceptors (Lipinski definition) is 2. The summed E-state index contributed by atoms with van der Waals surface area (Å²) < 4.78 is 0. The standard InChI is InChI=1S/C11H12N2/c1-6-2-3-7-8-5-9(8)11(12)13-10(7)4-6/h2-4,8-9H,5H2,1H3,(H2,12,13)/t8-,9-/m1/s1. The van der Waals surface area contributed by atoms with Gasteiger partial charge in [-0.2, -0.15) is 0 Å². The van der Waals surface area contributed by atoms with Crippen molar-refractivity contribution >= 4 is 11.5 Å². The molecule has 1 aromatic carbocycles. The van der Waals surface area contributed by atoms with Crippen molar-refractivity contribution in [2.24, 2.45) is 16.6 Å². The van der Waals surface area contributed by atoms with Gasteiger partial charge in [0.25, 0.3) is 0 Å². The fourth-order valence-corrected chi connectivity index (χ4v) is 2.15. The van der Waals surface area contributed by atoms with Crippen molar-refractivity contribution in [2.75, 3.05) is 0 Å². The van der Waals surface area contributed by atoms with Gasteiger partial charge < -0.3 is 5.73 Å². The summed E-state index contributed by atoms with van der Waals surface area (Å²) in [5.41, 5.74) is 9.58. The van der Waals surface area contributed by atoms with E-state index in [1.165, 1.54) is 17.5 Å². The molecule has 1 aromatic rings. The van der Waals surface area contributed by atoms with Crippen molar-refractivity contribution in [3.63, 3.8) is 0 Å². The lowest BCUT2D eigenvalue weighted by atomic mass is 10.0. The molecule has 2 aliphatic rings. The van der Waals surface area contributed by atoms with Crippen molar-refractivity contribution in [1.82, 2.24) is 0 Å². The Balaban J connectivity index is 2.21. The number of nitrogens with zero attached hydrogens (tertiary/aromatic N) is 1. The zero-order valence-corrected chi connectivity index (χ0v) is 7.62. The first-order chi connectivity index (χ1) is 6.25. The van der Waals surface area contributed by atoms with E-state index in [2.05, 4.69) is 30.1 Å². The lowest BCUT2D eigenvalue weighted by molar-refractivity contribution is 1.00.